The van der Waals surface area contributed by atoms with E-state index in [0.29, 0.717) is 25.6 Å². The van der Waals surface area contributed by atoms with Gasteiger partial charge in [0, 0.05) is 12.5 Å². The molecule has 0 fully saturated rings. The van der Waals surface area contributed by atoms with Gasteiger partial charge in [0.25, 0.3) is 5.91 Å². The van der Waals surface area contributed by atoms with Crippen molar-refractivity contribution >= 4 is 57.7 Å². The van der Waals surface area contributed by atoms with Gasteiger partial charge in [0.1, 0.15) is 4.34 Å². The van der Waals surface area contributed by atoms with Crippen LogP contribution in [0.1, 0.15) is 23.7 Å². The summed E-state index contributed by atoms with van der Waals surface area (Å²) >= 11 is 17.5. The standard InChI is InChI=1S/C9H10Cl2N2OS2/c1-4(2-7(12)15)13-9(14)5-3-6(10)16-8(5)11/h3-4H,2H2,1H3,(H2,12,15)(H,13,14). The molecule has 1 aromatic rings. The average Bonchev–Trinajstić information content (AvgIpc) is 2.43. The SMILES string of the molecule is CC(CC(N)=S)NC(=O)c1cc(Cl)sc1Cl. The first-order chi connectivity index (χ1) is 7.40. The average molecular weight is 297 g/mol. The summed E-state index contributed by atoms with van der Waals surface area (Å²) in [6.45, 7) is 1.82. The largest absolute Gasteiger partial charge is 0.393 e. The van der Waals surface area contributed by atoms with E-state index in [1.54, 1.807) is 0 Å². The van der Waals surface area contributed by atoms with E-state index in [0.717, 1.165) is 11.3 Å². The Morgan fingerprint density at radius 2 is 2.31 bits per heavy atom. The van der Waals surface area contributed by atoms with Crippen LogP contribution in [0.3, 0.4) is 0 Å². The molecule has 0 aromatic carbocycles. The topological polar surface area (TPSA) is 55.1 Å². The maximum atomic E-state index is 11.7. The Kier molecular flexibility index (Phi) is 4.98. The van der Waals surface area contributed by atoms with Crippen LogP contribution >= 0.6 is 46.8 Å². The second-order valence-electron chi connectivity index (χ2n) is 3.28. The second kappa shape index (κ2) is 5.82. The molecule has 0 radical (unpaired) electrons. The molecule has 0 spiro atoms. The summed E-state index contributed by atoms with van der Waals surface area (Å²) in [6, 6.07) is 1.41. The van der Waals surface area contributed by atoms with E-state index >= 15 is 0 Å². The molecular weight excluding hydrogens is 287 g/mol. The van der Waals surface area contributed by atoms with Gasteiger partial charge in [-0.25, -0.2) is 0 Å². The first-order valence-electron chi connectivity index (χ1n) is 4.44. The van der Waals surface area contributed by atoms with Gasteiger partial charge >= 0.3 is 0 Å². The molecule has 1 heterocycles. The van der Waals surface area contributed by atoms with E-state index < -0.39 is 0 Å². The number of thiophene rings is 1. The summed E-state index contributed by atoms with van der Waals surface area (Å²) in [5.74, 6) is -0.267. The van der Waals surface area contributed by atoms with Crippen LogP contribution in [-0.4, -0.2) is 16.9 Å². The molecule has 7 heteroatoms. The van der Waals surface area contributed by atoms with Crippen molar-refractivity contribution in [2.45, 2.75) is 19.4 Å². The number of carbonyl (C=O) groups excluding carboxylic acids is 1. The number of carbonyl (C=O) groups is 1. The Balaban J connectivity index is 2.65. The zero-order valence-electron chi connectivity index (χ0n) is 8.42. The number of halogens is 2. The van der Waals surface area contributed by atoms with Crippen LogP contribution in [0.5, 0.6) is 0 Å². The maximum Gasteiger partial charge on any atom is 0.253 e. The molecule has 0 bridgehead atoms. The van der Waals surface area contributed by atoms with Crippen molar-refractivity contribution in [2.75, 3.05) is 0 Å². The van der Waals surface area contributed by atoms with Crippen molar-refractivity contribution in [2.24, 2.45) is 5.73 Å². The van der Waals surface area contributed by atoms with E-state index in [1.165, 1.54) is 6.07 Å². The highest BCUT2D eigenvalue weighted by Gasteiger charge is 2.16. The normalized spacial score (nSPS) is 12.2. The lowest BCUT2D eigenvalue weighted by Crippen LogP contribution is -2.35. The predicted octanol–water partition coefficient (Wildman–Crippen LogP) is 2.85. The third-order valence-corrected chi connectivity index (χ3v) is 3.44. The van der Waals surface area contributed by atoms with Gasteiger partial charge in [-0.15, -0.1) is 11.3 Å². The zero-order chi connectivity index (χ0) is 12.3. The highest BCUT2D eigenvalue weighted by molar-refractivity contribution is 7.80. The molecule has 88 valence electrons. The fourth-order valence-corrected chi connectivity index (χ4v) is 2.86. The molecule has 0 aliphatic carbocycles. The number of hydrogen-bond acceptors (Lipinski definition) is 3. The number of nitrogens with one attached hydrogen (secondary N) is 1. The van der Waals surface area contributed by atoms with Crippen LogP contribution in [0.2, 0.25) is 8.67 Å². The molecule has 1 unspecified atom stereocenters. The van der Waals surface area contributed by atoms with Crippen LogP contribution in [0.15, 0.2) is 6.07 Å². The van der Waals surface area contributed by atoms with Gasteiger partial charge < -0.3 is 11.1 Å². The Morgan fingerprint density at radius 3 is 2.75 bits per heavy atom. The molecule has 1 aromatic heterocycles. The van der Waals surface area contributed by atoms with E-state index in [9.17, 15) is 4.79 Å². The molecule has 3 N–H and O–H groups in total. The van der Waals surface area contributed by atoms with Gasteiger partial charge in [-0.2, -0.15) is 0 Å². The van der Waals surface area contributed by atoms with Gasteiger partial charge in [0.2, 0.25) is 0 Å². The van der Waals surface area contributed by atoms with E-state index in [2.05, 4.69) is 5.32 Å². The lowest BCUT2D eigenvalue weighted by molar-refractivity contribution is 0.0942. The third kappa shape index (κ3) is 3.90. The molecule has 1 rings (SSSR count). The number of nitrogens with two attached hydrogens (primary N) is 1. The van der Waals surface area contributed by atoms with E-state index in [4.69, 9.17) is 41.2 Å². The van der Waals surface area contributed by atoms with Gasteiger partial charge in [-0.3, -0.25) is 4.79 Å². The summed E-state index contributed by atoms with van der Waals surface area (Å²) in [6.07, 6.45) is 0.455. The number of thiocarbonyl (C=S) groups is 1. The maximum absolute atomic E-state index is 11.7. The van der Waals surface area contributed by atoms with Crippen LogP contribution in [0.25, 0.3) is 0 Å². The highest BCUT2D eigenvalue weighted by Crippen LogP contribution is 2.31. The first kappa shape index (κ1) is 13.7. The quantitative estimate of drug-likeness (QED) is 0.840. The number of hydrogen-bond donors (Lipinski definition) is 2. The first-order valence-corrected chi connectivity index (χ1v) is 6.42. The monoisotopic (exact) mass is 296 g/mol. The highest BCUT2D eigenvalue weighted by atomic mass is 35.5. The van der Waals surface area contributed by atoms with Crippen LogP contribution in [0.4, 0.5) is 0 Å². The molecule has 16 heavy (non-hydrogen) atoms. The second-order valence-corrected chi connectivity index (χ2v) is 6.09. The van der Waals surface area contributed by atoms with E-state index in [-0.39, 0.29) is 11.9 Å². The summed E-state index contributed by atoms with van der Waals surface area (Å²) in [4.78, 5) is 12.1. The van der Waals surface area contributed by atoms with Crippen molar-refractivity contribution in [1.29, 1.82) is 0 Å². The molecule has 3 nitrogen and oxygen atoms in total. The molecule has 0 aliphatic heterocycles. The van der Waals surface area contributed by atoms with Crippen LogP contribution in [-0.2, 0) is 0 Å². The Bertz CT molecular complexity index is 420. The summed E-state index contributed by atoms with van der Waals surface area (Å²) in [5.41, 5.74) is 5.76. The zero-order valence-corrected chi connectivity index (χ0v) is 11.6. The minimum Gasteiger partial charge on any atom is -0.393 e. The fraction of sp³-hybridized carbons (Fsp3) is 0.333. The molecule has 0 saturated carbocycles. The smallest absolute Gasteiger partial charge is 0.253 e. The number of rotatable bonds is 4. The van der Waals surface area contributed by atoms with Gasteiger partial charge in [0.15, 0.2) is 0 Å². The van der Waals surface area contributed by atoms with Crippen molar-refractivity contribution in [1.82, 2.24) is 5.32 Å². The number of amides is 1. The Hall–Kier alpha value is -0.360. The molecule has 0 aliphatic rings. The lowest BCUT2D eigenvalue weighted by Gasteiger charge is -2.12. The Morgan fingerprint density at radius 1 is 1.69 bits per heavy atom. The minimum absolute atomic E-state index is 0.125. The summed E-state index contributed by atoms with van der Waals surface area (Å²) < 4.78 is 0.863. The van der Waals surface area contributed by atoms with Crippen molar-refractivity contribution in [3.63, 3.8) is 0 Å². The summed E-state index contributed by atoms with van der Waals surface area (Å²) in [5, 5.41) is 2.74. The molecule has 1 amide bonds. The van der Waals surface area contributed by atoms with Crippen molar-refractivity contribution in [3.8, 4) is 0 Å². The van der Waals surface area contributed by atoms with Crippen LogP contribution in [0, 0.1) is 0 Å². The minimum atomic E-state index is -0.267. The summed E-state index contributed by atoms with van der Waals surface area (Å²) in [7, 11) is 0. The molecular formula is C9H10Cl2N2OS2. The van der Waals surface area contributed by atoms with Crippen LogP contribution < -0.4 is 11.1 Å². The lowest BCUT2D eigenvalue weighted by atomic mass is 10.2. The van der Waals surface area contributed by atoms with Crippen molar-refractivity contribution < 1.29 is 4.79 Å². The Labute approximate surface area is 113 Å². The third-order valence-electron chi connectivity index (χ3n) is 1.79. The predicted molar refractivity (Wildman–Crippen MR) is 72.7 cm³/mol. The molecule has 1 atom stereocenters. The molecule has 0 saturated heterocycles. The fourth-order valence-electron chi connectivity index (χ4n) is 1.15. The van der Waals surface area contributed by atoms with Gasteiger partial charge in [0.05, 0.1) is 14.9 Å². The van der Waals surface area contributed by atoms with Gasteiger partial charge in [-0.05, 0) is 13.0 Å². The van der Waals surface area contributed by atoms with Crippen molar-refractivity contribution in [3.05, 3.63) is 20.3 Å². The van der Waals surface area contributed by atoms with E-state index in [1.807, 2.05) is 6.92 Å². The van der Waals surface area contributed by atoms with Gasteiger partial charge in [-0.1, -0.05) is 35.4 Å².